The summed E-state index contributed by atoms with van der Waals surface area (Å²) in [6.07, 6.45) is -4.81. The van der Waals surface area contributed by atoms with Crippen LogP contribution in [0.15, 0.2) is 71.7 Å². The molecule has 4 rings (SSSR count). The van der Waals surface area contributed by atoms with Crippen LogP contribution in [0.4, 0.5) is 24.5 Å². The minimum Gasteiger partial charge on any atom is -0.495 e. The average molecular weight is 460 g/mol. The Labute approximate surface area is 184 Å². The average Bonchev–Trinajstić information content (AvgIpc) is 3.35. The lowest BCUT2D eigenvalue weighted by Crippen LogP contribution is -2.32. The fraction of sp³-hybridized carbons (Fsp3) is 0.0909. The molecule has 0 spiro atoms. The molecule has 10 heteroatoms. The minimum atomic E-state index is -4.81. The lowest BCUT2D eigenvalue weighted by Gasteiger charge is -2.18. The monoisotopic (exact) mass is 460 g/mol. The number of nitrogens with one attached hydrogen (secondary N) is 1. The zero-order chi connectivity index (χ0) is 22.9. The molecule has 1 aromatic heterocycles. The Morgan fingerprint density at radius 2 is 1.66 bits per heavy atom. The van der Waals surface area contributed by atoms with Crippen LogP contribution in [-0.4, -0.2) is 25.3 Å². The zero-order valence-electron chi connectivity index (χ0n) is 16.5. The van der Waals surface area contributed by atoms with Gasteiger partial charge >= 0.3 is 6.36 Å². The quantitative estimate of drug-likeness (QED) is 0.522. The first-order valence-corrected chi connectivity index (χ1v) is 10.1. The normalized spacial score (nSPS) is 14.2. The Morgan fingerprint density at radius 3 is 2.28 bits per heavy atom. The highest BCUT2D eigenvalue weighted by Gasteiger charge is 2.41. The predicted molar refractivity (Wildman–Crippen MR) is 113 cm³/mol. The van der Waals surface area contributed by atoms with Crippen molar-refractivity contribution in [3.05, 3.63) is 76.6 Å². The summed E-state index contributed by atoms with van der Waals surface area (Å²) in [5.74, 6) is -1.21. The number of anilines is 2. The number of rotatable bonds is 6. The van der Waals surface area contributed by atoms with Crippen molar-refractivity contribution in [3.63, 3.8) is 0 Å². The number of para-hydroxylation sites is 2. The summed E-state index contributed by atoms with van der Waals surface area (Å²) in [7, 11) is 1.43. The van der Waals surface area contributed by atoms with Crippen molar-refractivity contribution in [2.24, 2.45) is 0 Å². The second kappa shape index (κ2) is 8.39. The number of benzene rings is 2. The molecule has 0 fully saturated rings. The minimum absolute atomic E-state index is 0.00726. The van der Waals surface area contributed by atoms with Gasteiger partial charge in [-0.2, -0.15) is 0 Å². The molecule has 0 radical (unpaired) electrons. The molecule has 1 aliphatic heterocycles. The summed E-state index contributed by atoms with van der Waals surface area (Å²) in [4.78, 5) is 28.2. The Morgan fingerprint density at radius 1 is 0.938 bits per heavy atom. The van der Waals surface area contributed by atoms with Crippen molar-refractivity contribution in [1.82, 2.24) is 0 Å². The van der Waals surface area contributed by atoms with Crippen LogP contribution in [0.1, 0.15) is 4.88 Å². The highest BCUT2D eigenvalue weighted by molar-refractivity contribution is 7.11. The summed E-state index contributed by atoms with van der Waals surface area (Å²) < 4.78 is 46.4. The van der Waals surface area contributed by atoms with Crippen LogP contribution in [0.25, 0.3) is 5.57 Å². The van der Waals surface area contributed by atoms with E-state index in [1.54, 1.807) is 41.8 Å². The molecule has 2 heterocycles. The predicted octanol–water partition coefficient (Wildman–Crippen LogP) is 5.05. The first kappa shape index (κ1) is 21.4. The zero-order valence-corrected chi connectivity index (χ0v) is 17.3. The molecule has 6 nitrogen and oxygen atoms in total. The number of methoxy groups -OCH3 is 1. The van der Waals surface area contributed by atoms with E-state index < -0.39 is 23.9 Å². The third-order valence-corrected chi connectivity index (χ3v) is 5.42. The molecule has 0 aliphatic carbocycles. The highest BCUT2D eigenvalue weighted by Crippen LogP contribution is 2.39. The first-order valence-electron chi connectivity index (χ1n) is 9.21. The topological polar surface area (TPSA) is 67.9 Å². The molecule has 3 aromatic rings. The molecule has 1 aliphatic rings. The van der Waals surface area contributed by atoms with Gasteiger partial charge in [0, 0.05) is 10.6 Å². The third-order valence-electron chi connectivity index (χ3n) is 4.53. The van der Waals surface area contributed by atoms with Gasteiger partial charge in [-0.25, -0.2) is 4.90 Å². The molecular weight excluding hydrogens is 445 g/mol. The van der Waals surface area contributed by atoms with Gasteiger partial charge in [0.1, 0.15) is 17.2 Å². The molecule has 0 saturated carbocycles. The van der Waals surface area contributed by atoms with Gasteiger partial charge < -0.3 is 14.8 Å². The third kappa shape index (κ3) is 4.17. The molecule has 0 unspecified atom stereocenters. The molecule has 0 bridgehead atoms. The van der Waals surface area contributed by atoms with E-state index in [4.69, 9.17) is 4.74 Å². The smallest absolute Gasteiger partial charge is 0.495 e. The number of ether oxygens (including phenoxy) is 2. The summed E-state index contributed by atoms with van der Waals surface area (Å²) in [6.45, 7) is 0. The Balaban J connectivity index is 1.71. The first-order chi connectivity index (χ1) is 15.3. The van der Waals surface area contributed by atoms with Gasteiger partial charge in [-0.15, -0.1) is 24.5 Å². The Kier molecular flexibility index (Phi) is 5.62. The maximum atomic E-state index is 13.3. The van der Waals surface area contributed by atoms with E-state index >= 15 is 0 Å². The molecule has 0 atom stereocenters. The fourth-order valence-electron chi connectivity index (χ4n) is 3.21. The summed E-state index contributed by atoms with van der Waals surface area (Å²) in [6, 6.07) is 14.9. The fourth-order valence-corrected chi connectivity index (χ4v) is 3.98. The van der Waals surface area contributed by atoms with Crippen LogP contribution in [0, 0.1) is 0 Å². The second-order valence-electron chi connectivity index (χ2n) is 6.54. The summed E-state index contributed by atoms with van der Waals surface area (Å²) in [5, 5.41) is 4.65. The number of hydrogen-bond acceptors (Lipinski definition) is 6. The van der Waals surface area contributed by atoms with E-state index in [1.165, 1.54) is 30.6 Å². The van der Waals surface area contributed by atoms with E-state index in [1.807, 2.05) is 0 Å². The molecular formula is C22H15F3N2O4S. The maximum absolute atomic E-state index is 13.3. The Hall–Kier alpha value is -3.79. The number of nitrogens with zero attached hydrogens (tertiary/aromatic N) is 1. The molecule has 2 amide bonds. The number of thiophene rings is 1. The van der Waals surface area contributed by atoms with Crippen LogP contribution in [0.5, 0.6) is 11.5 Å². The van der Waals surface area contributed by atoms with Crippen molar-refractivity contribution in [1.29, 1.82) is 0 Å². The molecule has 0 saturated heterocycles. The van der Waals surface area contributed by atoms with E-state index in [0.29, 0.717) is 16.3 Å². The van der Waals surface area contributed by atoms with E-state index in [2.05, 4.69) is 10.1 Å². The van der Waals surface area contributed by atoms with E-state index in [9.17, 15) is 22.8 Å². The molecule has 1 N–H and O–H groups in total. The van der Waals surface area contributed by atoms with Crippen molar-refractivity contribution >= 4 is 40.1 Å². The largest absolute Gasteiger partial charge is 0.573 e. The summed E-state index contributed by atoms with van der Waals surface area (Å²) in [5.41, 5.74) is 0.760. The van der Waals surface area contributed by atoms with Gasteiger partial charge in [0.25, 0.3) is 11.8 Å². The molecule has 164 valence electrons. The van der Waals surface area contributed by atoms with Crippen molar-refractivity contribution in [2.45, 2.75) is 6.36 Å². The summed E-state index contributed by atoms with van der Waals surface area (Å²) >= 11 is 1.28. The van der Waals surface area contributed by atoms with Gasteiger partial charge in [-0.3, -0.25) is 9.59 Å². The van der Waals surface area contributed by atoms with Gasteiger partial charge in [0.15, 0.2) is 0 Å². The van der Waals surface area contributed by atoms with E-state index in [-0.39, 0.29) is 17.0 Å². The van der Waals surface area contributed by atoms with Crippen LogP contribution >= 0.6 is 11.3 Å². The Bertz CT molecular complexity index is 1190. The number of carbonyl (C=O) groups excluding carboxylic acids is 2. The van der Waals surface area contributed by atoms with Gasteiger partial charge in [-0.1, -0.05) is 18.2 Å². The SMILES string of the molecule is COc1ccccc1N1C(=O)C(Nc2ccc(OC(F)(F)F)cc2)=C(c2cccs2)C1=O. The second-order valence-corrected chi connectivity index (χ2v) is 7.49. The van der Waals surface area contributed by atoms with E-state index in [0.717, 1.165) is 17.0 Å². The number of amides is 2. The number of halogens is 3. The van der Waals surface area contributed by atoms with Gasteiger partial charge in [0.2, 0.25) is 0 Å². The van der Waals surface area contributed by atoms with Crippen LogP contribution in [0.3, 0.4) is 0 Å². The van der Waals surface area contributed by atoms with Crippen molar-refractivity contribution < 1.29 is 32.2 Å². The van der Waals surface area contributed by atoms with Crippen molar-refractivity contribution in [2.75, 3.05) is 17.3 Å². The standard InChI is InChI=1S/C22H15F3N2O4S/c1-30-16-6-3-2-5-15(16)27-20(28)18(17-7-4-12-32-17)19(21(27)29)26-13-8-10-14(11-9-13)31-22(23,24)25/h2-12,26H,1H3. The lowest BCUT2D eigenvalue weighted by molar-refractivity contribution is -0.274. The number of hydrogen-bond donors (Lipinski definition) is 1. The van der Waals surface area contributed by atoms with Crippen LogP contribution < -0.4 is 19.7 Å². The number of alkyl halides is 3. The van der Waals surface area contributed by atoms with Crippen LogP contribution in [-0.2, 0) is 9.59 Å². The highest BCUT2D eigenvalue weighted by atomic mass is 32.1. The lowest BCUT2D eigenvalue weighted by atomic mass is 10.2. The van der Waals surface area contributed by atoms with Gasteiger partial charge in [0.05, 0.1) is 18.4 Å². The van der Waals surface area contributed by atoms with Crippen molar-refractivity contribution in [3.8, 4) is 11.5 Å². The number of imide groups is 1. The molecule has 32 heavy (non-hydrogen) atoms. The maximum Gasteiger partial charge on any atom is 0.573 e. The van der Waals surface area contributed by atoms with Crippen LogP contribution in [0.2, 0.25) is 0 Å². The van der Waals surface area contributed by atoms with Gasteiger partial charge in [-0.05, 0) is 47.8 Å². The molecule has 2 aromatic carbocycles. The number of carbonyl (C=O) groups is 2.